The van der Waals surface area contributed by atoms with Crippen LogP contribution < -0.4 is 5.73 Å². The SMILES string of the molecule is NCC12CC(F)(C1)C2. The molecule has 46 valence electrons. The predicted octanol–water partition coefficient (Wildman–Crippen LogP) is 0.837. The third kappa shape index (κ3) is 0.323. The van der Waals surface area contributed by atoms with Crippen molar-refractivity contribution in [3.8, 4) is 0 Å². The number of nitrogens with two attached hydrogens (primary N) is 1. The highest BCUT2D eigenvalue weighted by Gasteiger charge is 2.68. The lowest BCUT2D eigenvalue weighted by Gasteiger charge is -2.65. The second kappa shape index (κ2) is 0.947. The number of hydrogen-bond donors (Lipinski definition) is 1. The number of hydrogen-bond acceptors (Lipinski definition) is 1. The molecule has 2 N–H and O–H groups in total. The molecule has 3 saturated carbocycles. The molecule has 2 heteroatoms. The topological polar surface area (TPSA) is 26.0 Å². The first kappa shape index (κ1) is 4.74. The van der Waals surface area contributed by atoms with Gasteiger partial charge in [0.25, 0.3) is 0 Å². The maximum absolute atomic E-state index is 12.6. The summed E-state index contributed by atoms with van der Waals surface area (Å²) in [5.74, 6) is 0. The van der Waals surface area contributed by atoms with E-state index in [9.17, 15) is 4.39 Å². The molecule has 0 aromatic rings. The zero-order valence-corrected chi connectivity index (χ0v) is 4.78. The van der Waals surface area contributed by atoms with Crippen LogP contribution in [0, 0.1) is 5.41 Å². The lowest BCUT2D eigenvalue weighted by molar-refractivity contribution is -0.206. The van der Waals surface area contributed by atoms with E-state index in [1.54, 1.807) is 0 Å². The molecular weight excluding hydrogens is 105 g/mol. The van der Waals surface area contributed by atoms with Crippen molar-refractivity contribution in [2.45, 2.75) is 24.9 Å². The Labute approximate surface area is 48.1 Å². The van der Waals surface area contributed by atoms with Gasteiger partial charge in [-0.1, -0.05) is 0 Å². The first-order chi connectivity index (χ1) is 3.68. The van der Waals surface area contributed by atoms with Gasteiger partial charge in [-0.05, 0) is 31.2 Å². The molecule has 3 aliphatic rings. The van der Waals surface area contributed by atoms with Gasteiger partial charge >= 0.3 is 0 Å². The summed E-state index contributed by atoms with van der Waals surface area (Å²) in [5, 5.41) is 0. The molecule has 0 aromatic heterocycles. The molecule has 3 fully saturated rings. The molecular formula is C6H10FN. The molecule has 3 rings (SSSR count). The van der Waals surface area contributed by atoms with Crippen molar-refractivity contribution in [1.82, 2.24) is 0 Å². The lowest BCUT2D eigenvalue weighted by Crippen LogP contribution is -2.67. The molecule has 0 radical (unpaired) electrons. The Hall–Kier alpha value is -0.110. The van der Waals surface area contributed by atoms with Crippen LogP contribution in [-0.4, -0.2) is 12.2 Å². The van der Waals surface area contributed by atoms with Crippen molar-refractivity contribution in [2.75, 3.05) is 6.54 Å². The van der Waals surface area contributed by atoms with E-state index in [0.717, 1.165) is 19.3 Å². The fourth-order valence-electron chi connectivity index (χ4n) is 2.08. The van der Waals surface area contributed by atoms with Gasteiger partial charge in [-0.3, -0.25) is 0 Å². The highest BCUT2D eigenvalue weighted by molar-refractivity contribution is 5.19. The molecule has 2 bridgehead atoms. The maximum Gasteiger partial charge on any atom is 0.112 e. The fraction of sp³-hybridized carbons (Fsp3) is 1.00. The summed E-state index contributed by atoms with van der Waals surface area (Å²) in [7, 11) is 0. The van der Waals surface area contributed by atoms with Crippen molar-refractivity contribution < 1.29 is 4.39 Å². The van der Waals surface area contributed by atoms with Crippen LogP contribution in [0.1, 0.15) is 19.3 Å². The van der Waals surface area contributed by atoms with E-state index in [-0.39, 0.29) is 5.41 Å². The van der Waals surface area contributed by atoms with Gasteiger partial charge in [0.15, 0.2) is 0 Å². The highest BCUT2D eigenvalue weighted by Crippen LogP contribution is 2.68. The summed E-state index contributed by atoms with van der Waals surface area (Å²) < 4.78 is 12.6. The molecule has 3 aliphatic carbocycles. The Kier molecular flexibility index (Phi) is 0.561. The summed E-state index contributed by atoms with van der Waals surface area (Å²) >= 11 is 0. The summed E-state index contributed by atoms with van der Waals surface area (Å²) in [6, 6.07) is 0. The van der Waals surface area contributed by atoms with E-state index < -0.39 is 5.67 Å². The standard InChI is InChI=1S/C6H10FN/c7-6-1-5(2-6,3-6)4-8/h1-4,8H2. The van der Waals surface area contributed by atoms with Crippen LogP contribution in [0.4, 0.5) is 4.39 Å². The van der Waals surface area contributed by atoms with Crippen LogP contribution in [0.2, 0.25) is 0 Å². The Balaban J connectivity index is 2.04. The number of halogens is 1. The van der Waals surface area contributed by atoms with E-state index in [2.05, 4.69) is 0 Å². The summed E-state index contributed by atoms with van der Waals surface area (Å²) in [5.41, 5.74) is 4.92. The van der Waals surface area contributed by atoms with E-state index in [1.165, 1.54) is 0 Å². The first-order valence-electron chi connectivity index (χ1n) is 3.07. The Morgan fingerprint density at radius 2 is 1.88 bits per heavy atom. The quantitative estimate of drug-likeness (QED) is 0.538. The van der Waals surface area contributed by atoms with Crippen molar-refractivity contribution in [3.05, 3.63) is 0 Å². The molecule has 0 spiro atoms. The Morgan fingerprint density at radius 3 is 2.00 bits per heavy atom. The lowest BCUT2D eigenvalue weighted by atomic mass is 9.42. The molecule has 0 unspecified atom stereocenters. The van der Waals surface area contributed by atoms with E-state index >= 15 is 0 Å². The largest absolute Gasteiger partial charge is 0.330 e. The maximum atomic E-state index is 12.6. The van der Waals surface area contributed by atoms with Gasteiger partial charge < -0.3 is 5.73 Å². The van der Waals surface area contributed by atoms with Gasteiger partial charge in [-0.15, -0.1) is 0 Å². The van der Waals surface area contributed by atoms with Gasteiger partial charge in [-0.2, -0.15) is 0 Å². The Morgan fingerprint density at radius 1 is 1.38 bits per heavy atom. The molecule has 0 aliphatic heterocycles. The van der Waals surface area contributed by atoms with Crippen molar-refractivity contribution >= 4 is 0 Å². The van der Waals surface area contributed by atoms with Crippen LogP contribution >= 0.6 is 0 Å². The smallest absolute Gasteiger partial charge is 0.112 e. The number of rotatable bonds is 1. The minimum atomic E-state index is -0.751. The molecule has 0 saturated heterocycles. The second-order valence-electron chi connectivity index (χ2n) is 3.39. The zero-order chi connectivity index (χ0) is 5.83. The van der Waals surface area contributed by atoms with Crippen LogP contribution in [0.3, 0.4) is 0 Å². The average molecular weight is 115 g/mol. The van der Waals surface area contributed by atoms with Crippen molar-refractivity contribution in [1.29, 1.82) is 0 Å². The Bertz CT molecular complexity index is 113. The molecule has 0 atom stereocenters. The second-order valence-corrected chi connectivity index (χ2v) is 3.39. The van der Waals surface area contributed by atoms with E-state index in [4.69, 9.17) is 5.73 Å². The summed E-state index contributed by atoms with van der Waals surface area (Å²) in [6.45, 7) is 0.693. The summed E-state index contributed by atoms with van der Waals surface area (Å²) in [6.07, 6.45) is 2.24. The van der Waals surface area contributed by atoms with Crippen LogP contribution in [0.25, 0.3) is 0 Å². The normalized spacial score (nSPS) is 59.2. The van der Waals surface area contributed by atoms with Gasteiger partial charge in [0.1, 0.15) is 5.67 Å². The fourth-order valence-corrected chi connectivity index (χ4v) is 2.08. The van der Waals surface area contributed by atoms with Crippen LogP contribution in [0.15, 0.2) is 0 Å². The summed E-state index contributed by atoms with van der Waals surface area (Å²) in [4.78, 5) is 0. The minimum absolute atomic E-state index is 0.273. The van der Waals surface area contributed by atoms with Crippen LogP contribution in [0.5, 0.6) is 0 Å². The molecule has 0 amide bonds. The highest BCUT2D eigenvalue weighted by atomic mass is 19.1. The monoisotopic (exact) mass is 115 g/mol. The van der Waals surface area contributed by atoms with Crippen molar-refractivity contribution in [2.24, 2.45) is 11.1 Å². The first-order valence-corrected chi connectivity index (χ1v) is 3.07. The number of alkyl halides is 1. The van der Waals surface area contributed by atoms with Gasteiger partial charge in [0.05, 0.1) is 0 Å². The van der Waals surface area contributed by atoms with E-state index in [1.807, 2.05) is 0 Å². The van der Waals surface area contributed by atoms with Gasteiger partial charge in [0.2, 0.25) is 0 Å². The van der Waals surface area contributed by atoms with Gasteiger partial charge in [-0.25, -0.2) is 4.39 Å². The molecule has 1 nitrogen and oxygen atoms in total. The van der Waals surface area contributed by atoms with Crippen LogP contribution in [-0.2, 0) is 0 Å². The molecule has 0 aromatic carbocycles. The molecule has 0 heterocycles. The third-order valence-corrected chi connectivity index (χ3v) is 2.51. The van der Waals surface area contributed by atoms with Crippen molar-refractivity contribution in [3.63, 3.8) is 0 Å². The third-order valence-electron chi connectivity index (χ3n) is 2.51. The minimum Gasteiger partial charge on any atom is -0.330 e. The average Bonchev–Trinajstić information content (AvgIpc) is 1.55. The zero-order valence-electron chi connectivity index (χ0n) is 4.78. The van der Waals surface area contributed by atoms with Gasteiger partial charge in [0, 0.05) is 0 Å². The van der Waals surface area contributed by atoms with E-state index in [0.29, 0.717) is 6.54 Å². The predicted molar refractivity (Wildman–Crippen MR) is 29.2 cm³/mol. The molecule has 8 heavy (non-hydrogen) atoms.